The van der Waals surface area contributed by atoms with Crippen LogP contribution in [0.25, 0.3) is 0 Å². The summed E-state index contributed by atoms with van der Waals surface area (Å²) in [5.74, 6) is -0.357. The Hall–Kier alpha value is -3.16. The Bertz CT molecular complexity index is 902. The number of piperidine rings is 1. The average Bonchev–Trinajstić information content (AvgIpc) is 2.70. The van der Waals surface area contributed by atoms with Gasteiger partial charge in [0, 0.05) is 38.6 Å². The average molecular weight is 386 g/mol. The predicted molar refractivity (Wildman–Crippen MR) is 104 cm³/mol. The molecule has 0 bridgehead atoms. The number of carbonyl (C=O) groups is 2. The maximum atomic E-state index is 12.9. The number of nitrogens with zero attached hydrogens (tertiary/aromatic N) is 2. The number of benzene rings is 1. The summed E-state index contributed by atoms with van der Waals surface area (Å²) in [6.07, 6.45) is 3.11. The standard InChI is InChI=1S/C20H23FN4O3/c1-24-10-2-3-17(18(24)26)19(27)25-11-8-14(9-12-25)13-22-20(28)23-16-6-4-15(21)5-7-16/h2-7,10,14H,8-9,11-13H2,1H3,(H2,22,23,28). The van der Waals surface area contributed by atoms with Crippen LogP contribution in [0.15, 0.2) is 47.4 Å². The number of halogens is 1. The lowest BCUT2D eigenvalue weighted by Gasteiger charge is -2.32. The van der Waals surface area contributed by atoms with E-state index in [1.54, 1.807) is 30.3 Å². The van der Waals surface area contributed by atoms with Gasteiger partial charge in [-0.1, -0.05) is 0 Å². The Morgan fingerprint density at radius 3 is 2.50 bits per heavy atom. The second-order valence-corrected chi connectivity index (χ2v) is 6.92. The normalized spacial score (nSPS) is 14.6. The summed E-state index contributed by atoms with van der Waals surface area (Å²) >= 11 is 0. The van der Waals surface area contributed by atoms with E-state index in [-0.39, 0.29) is 34.8 Å². The highest BCUT2D eigenvalue weighted by molar-refractivity contribution is 5.94. The molecule has 0 unspecified atom stereocenters. The molecule has 0 radical (unpaired) electrons. The van der Waals surface area contributed by atoms with Crippen LogP contribution in [0.4, 0.5) is 14.9 Å². The van der Waals surface area contributed by atoms with Gasteiger partial charge in [-0.15, -0.1) is 0 Å². The van der Waals surface area contributed by atoms with E-state index in [1.807, 2.05) is 0 Å². The SMILES string of the molecule is Cn1cccc(C(=O)N2CCC(CNC(=O)Nc3ccc(F)cc3)CC2)c1=O. The Morgan fingerprint density at radius 1 is 1.14 bits per heavy atom. The molecular weight excluding hydrogens is 363 g/mol. The van der Waals surface area contributed by atoms with Crippen molar-refractivity contribution in [1.29, 1.82) is 0 Å². The maximum absolute atomic E-state index is 12.9. The topological polar surface area (TPSA) is 83.4 Å². The van der Waals surface area contributed by atoms with Gasteiger partial charge in [-0.25, -0.2) is 9.18 Å². The lowest BCUT2D eigenvalue weighted by molar-refractivity contribution is 0.0688. The number of rotatable bonds is 4. The minimum absolute atomic E-state index is 0.181. The minimum Gasteiger partial charge on any atom is -0.338 e. The molecular formula is C20H23FN4O3. The fourth-order valence-electron chi connectivity index (χ4n) is 3.22. The van der Waals surface area contributed by atoms with E-state index in [0.29, 0.717) is 25.3 Å². The fourth-order valence-corrected chi connectivity index (χ4v) is 3.22. The van der Waals surface area contributed by atoms with Crippen molar-refractivity contribution in [2.24, 2.45) is 13.0 Å². The smallest absolute Gasteiger partial charge is 0.319 e. The zero-order chi connectivity index (χ0) is 20.1. The van der Waals surface area contributed by atoms with E-state index >= 15 is 0 Å². The third-order valence-electron chi connectivity index (χ3n) is 4.91. The zero-order valence-electron chi connectivity index (χ0n) is 15.7. The Balaban J connectivity index is 1.45. The van der Waals surface area contributed by atoms with Crippen LogP contribution < -0.4 is 16.2 Å². The summed E-state index contributed by atoms with van der Waals surface area (Å²) in [5.41, 5.74) is 0.401. The van der Waals surface area contributed by atoms with E-state index in [1.165, 1.54) is 28.8 Å². The summed E-state index contributed by atoms with van der Waals surface area (Å²) in [5, 5.41) is 5.46. The highest BCUT2D eigenvalue weighted by Gasteiger charge is 2.25. The molecule has 3 amide bonds. The summed E-state index contributed by atoms with van der Waals surface area (Å²) < 4.78 is 14.3. The van der Waals surface area contributed by atoms with Crippen LogP contribution >= 0.6 is 0 Å². The van der Waals surface area contributed by atoms with Gasteiger partial charge in [0.05, 0.1) is 0 Å². The van der Waals surface area contributed by atoms with Crippen LogP contribution in [0, 0.1) is 11.7 Å². The maximum Gasteiger partial charge on any atom is 0.319 e. The van der Waals surface area contributed by atoms with Crippen molar-refractivity contribution < 1.29 is 14.0 Å². The molecule has 0 spiro atoms. The molecule has 0 saturated carbocycles. The number of aromatic nitrogens is 1. The van der Waals surface area contributed by atoms with E-state index in [0.717, 1.165) is 12.8 Å². The molecule has 7 nitrogen and oxygen atoms in total. The molecule has 2 aromatic rings. The number of nitrogens with one attached hydrogen (secondary N) is 2. The number of pyridine rings is 1. The summed E-state index contributed by atoms with van der Waals surface area (Å²) in [7, 11) is 1.62. The Kier molecular flexibility index (Phi) is 6.08. The first-order valence-electron chi connectivity index (χ1n) is 9.19. The number of aryl methyl sites for hydroxylation is 1. The number of anilines is 1. The van der Waals surface area contributed by atoms with Crippen molar-refractivity contribution in [3.05, 3.63) is 64.3 Å². The van der Waals surface area contributed by atoms with Gasteiger partial charge < -0.3 is 20.1 Å². The lowest BCUT2D eigenvalue weighted by atomic mass is 9.96. The summed E-state index contributed by atoms with van der Waals surface area (Å²) in [6.45, 7) is 1.58. The van der Waals surface area contributed by atoms with Crippen molar-refractivity contribution in [1.82, 2.24) is 14.8 Å². The van der Waals surface area contributed by atoms with E-state index in [4.69, 9.17) is 0 Å². The van der Waals surface area contributed by atoms with Gasteiger partial charge in [-0.2, -0.15) is 0 Å². The van der Waals surface area contributed by atoms with Crippen molar-refractivity contribution in [2.75, 3.05) is 25.0 Å². The number of hydrogen-bond acceptors (Lipinski definition) is 3. The van der Waals surface area contributed by atoms with Crippen molar-refractivity contribution in [2.45, 2.75) is 12.8 Å². The molecule has 1 aromatic carbocycles. The van der Waals surface area contributed by atoms with Crippen LogP contribution in [0.1, 0.15) is 23.2 Å². The Morgan fingerprint density at radius 2 is 1.82 bits per heavy atom. The van der Waals surface area contributed by atoms with Gasteiger partial charge in [0.2, 0.25) is 0 Å². The molecule has 0 aliphatic carbocycles. The van der Waals surface area contributed by atoms with Gasteiger partial charge in [-0.05, 0) is 55.2 Å². The molecule has 8 heteroatoms. The Labute approximate surface area is 162 Å². The van der Waals surface area contributed by atoms with E-state index in [2.05, 4.69) is 10.6 Å². The largest absolute Gasteiger partial charge is 0.338 e. The van der Waals surface area contributed by atoms with Gasteiger partial charge >= 0.3 is 6.03 Å². The molecule has 3 rings (SSSR count). The first-order chi connectivity index (χ1) is 13.4. The quantitative estimate of drug-likeness (QED) is 0.845. The molecule has 1 fully saturated rings. The van der Waals surface area contributed by atoms with Gasteiger partial charge in [0.25, 0.3) is 11.5 Å². The van der Waals surface area contributed by atoms with E-state index < -0.39 is 0 Å². The molecule has 148 valence electrons. The molecule has 2 N–H and O–H groups in total. The van der Waals surface area contributed by atoms with Crippen molar-refractivity contribution in [3.8, 4) is 0 Å². The monoisotopic (exact) mass is 386 g/mol. The number of likely N-dealkylation sites (tertiary alicyclic amines) is 1. The minimum atomic E-state index is -0.361. The first kappa shape index (κ1) is 19.6. The van der Waals surface area contributed by atoms with Gasteiger partial charge in [-0.3, -0.25) is 9.59 Å². The summed E-state index contributed by atoms with van der Waals surface area (Å²) in [4.78, 5) is 38.3. The zero-order valence-corrected chi connectivity index (χ0v) is 15.7. The first-order valence-corrected chi connectivity index (χ1v) is 9.19. The molecule has 1 aromatic heterocycles. The van der Waals surface area contributed by atoms with E-state index in [9.17, 15) is 18.8 Å². The number of hydrogen-bond donors (Lipinski definition) is 2. The molecule has 28 heavy (non-hydrogen) atoms. The molecule has 2 heterocycles. The number of amides is 3. The van der Waals surface area contributed by atoms with Gasteiger partial charge in [0.1, 0.15) is 11.4 Å². The molecule has 1 saturated heterocycles. The fraction of sp³-hybridized carbons (Fsp3) is 0.350. The van der Waals surface area contributed by atoms with Crippen molar-refractivity contribution >= 4 is 17.6 Å². The predicted octanol–water partition coefficient (Wildman–Crippen LogP) is 2.20. The number of urea groups is 1. The summed E-state index contributed by atoms with van der Waals surface area (Å²) in [6, 6.07) is 8.44. The van der Waals surface area contributed by atoms with Crippen molar-refractivity contribution in [3.63, 3.8) is 0 Å². The van der Waals surface area contributed by atoms with Crippen LogP contribution in [-0.2, 0) is 7.05 Å². The lowest BCUT2D eigenvalue weighted by Crippen LogP contribution is -2.43. The van der Waals surface area contributed by atoms with Crippen LogP contribution in [0.5, 0.6) is 0 Å². The number of carbonyl (C=O) groups excluding carboxylic acids is 2. The second kappa shape index (κ2) is 8.69. The third kappa shape index (κ3) is 4.76. The second-order valence-electron chi connectivity index (χ2n) is 6.92. The third-order valence-corrected chi connectivity index (χ3v) is 4.91. The molecule has 0 atom stereocenters. The molecule has 1 aliphatic rings. The molecule has 1 aliphatic heterocycles. The van der Waals surface area contributed by atoms with Crippen LogP contribution in [-0.4, -0.2) is 41.0 Å². The van der Waals surface area contributed by atoms with Gasteiger partial charge in [0.15, 0.2) is 0 Å². The van der Waals surface area contributed by atoms with Crippen LogP contribution in [0.3, 0.4) is 0 Å². The highest BCUT2D eigenvalue weighted by atomic mass is 19.1. The van der Waals surface area contributed by atoms with Crippen LogP contribution in [0.2, 0.25) is 0 Å². The highest BCUT2D eigenvalue weighted by Crippen LogP contribution is 2.18.